The van der Waals surface area contributed by atoms with Gasteiger partial charge in [0.05, 0.1) is 6.10 Å². The van der Waals surface area contributed by atoms with Crippen LogP contribution in [0.3, 0.4) is 0 Å². The van der Waals surface area contributed by atoms with Crippen LogP contribution < -0.4 is 0 Å². The molecule has 0 amide bonds. The predicted octanol–water partition coefficient (Wildman–Crippen LogP) is 3.99. The number of halogens is 1. The van der Waals surface area contributed by atoms with Crippen molar-refractivity contribution in [1.82, 2.24) is 0 Å². The van der Waals surface area contributed by atoms with Gasteiger partial charge in [-0.2, -0.15) is 0 Å². The Morgan fingerprint density at radius 1 is 1.44 bits per heavy atom. The van der Waals surface area contributed by atoms with Gasteiger partial charge in [-0.05, 0) is 43.4 Å². The van der Waals surface area contributed by atoms with Gasteiger partial charge in [-0.15, -0.1) is 11.6 Å². The van der Waals surface area contributed by atoms with Crippen molar-refractivity contribution in [2.24, 2.45) is 17.8 Å². The third-order valence-electron chi connectivity index (χ3n) is 3.79. The van der Waals surface area contributed by atoms with Gasteiger partial charge in [0, 0.05) is 5.88 Å². The predicted molar refractivity (Wildman–Crippen MR) is 70.8 cm³/mol. The van der Waals surface area contributed by atoms with Crippen molar-refractivity contribution in [1.29, 1.82) is 0 Å². The lowest BCUT2D eigenvalue weighted by molar-refractivity contribution is 0.186. The molecule has 3 atom stereocenters. The fraction of sp³-hybridized carbons (Fsp3) is 0.857. The summed E-state index contributed by atoms with van der Waals surface area (Å²) in [6, 6.07) is 0. The molecule has 1 aliphatic carbocycles. The highest BCUT2D eigenvalue weighted by Crippen LogP contribution is 2.34. The molecule has 16 heavy (non-hydrogen) atoms. The summed E-state index contributed by atoms with van der Waals surface area (Å²) in [5.74, 6) is 2.52. The summed E-state index contributed by atoms with van der Waals surface area (Å²) in [6.45, 7) is 6.89. The van der Waals surface area contributed by atoms with Crippen LogP contribution in [0.4, 0.5) is 0 Å². The van der Waals surface area contributed by atoms with Crippen molar-refractivity contribution in [2.45, 2.75) is 52.6 Å². The van der Waals surface area contributed by atoms with Gasteiger partial charge in [-0.3, -0.25) is 0 Å². The topological polar surface area (TPSA) is 20.2 Å². The Kier molecular flexibility index (Phi) is 5.85. The Morgan fingerprint density at radius 3 is 2.69 bits per heavy atom. The highest BCUT2D eigenvalue weighted by molar-refractivity contribution is 6.18. The number of alkyl halides is 1. The number of aliphatic hydroxyl groups is 1. The van der Waals surface area contributed by atoms with E-state index in [1.807, 2.05) is 0 Å². The maximum absolute atomic E-state index is 9.49. The molecule has 0 saturated heterocycles. The number of rotatable bonds is 5. The van der Waals surface area contributed by atoms with Gasteiger partial charge in [-0.1, -0.05) is 32.4 Å². The first-order chi connectivity index (χ1) is 7.54. The molecule has 94 valence electrons. The minimum atomic E-state index is -0.339. The van der Waals surface area contributed by atoms with Gasteiger partial charge in [0.2, 0.25) is 0 Å². The van der Waals surface area contributed by atoms with Crippen molar-refractivity contribution in [2.75, 3.05) is 5.88 Å². The van der Waals surface area contributed by atoms with Crippen LogP contribution in [-0.4, -0.2) is 17.1 Å². The molecule has 0 heterocycles. The number of hydrogen-bond acceptors (Lipinski definition) is 1. The van der Waals surface area contributed by atoms with Crippen LogP contribution in [0.15, 0.2) is 11.6 Å². The highest BCUT2D eigenvalue weighted by Gasteiger charge is 2.21. The van der Waals surface area contributed by atoms with E-state index in [1.54, 1.807) is 0 Å². The second kappa shape index (κ2) is 6.66. The first-order valence-electron chi connectivity index (χ1n) is 6.49. The maximum Gasteiger partial charge on any atom is 0.0678 e. The van der Waals surface area contributed by atoms with Crippen LogP contribution in [0.1, 0.15) is 46.5 Å². The van der Waals surface area contributed by atoms with Crippen molar-refractivity contribution in [3.05, 3.63) is 11.6 Å². The molecule has 1 N–H and O–H groups in total. The van der Waals surface area contributed by atoms with Crippen LogP contribution >= 0.6 is 11.6 Å². The average molecular weight is 245 g/mol. The standard InChI is InChI=1S/C14H25ClO/c1-10(2)12-5-4-11(3)13(8-12)6-7-14(16)9-15/h8,10-12,14,16H,4-7,9H2,1-3H3/t11-,12?,14-/m1/s1. The largest absolute Gasteiger partial charge is 0.392 e. The molecule has 0 radical (unpaired) electrons. The highest BCUT2D eigenvalue weighted by atomic mass is 35.5. The zero-order valence-electron chi connectivity index (χ0n) is 10.7. The Morgan fingerprint density at radius 2 is 2.12 bits per heavy atom. The van der Waals surface area contributed by atoms with E-state index >= 15 is 0 Å². The SMILES string of the molecule is CC(C)C1C=C(CC[C@@H](O)CCl)[C@H](C)CC1. The van der Waals surface area contributed by atoms with Crippen molar-refractivity contribution < 1.29 is 5.11 Å². The molecule has 0 aromatic rings. The first kappa shape index (κ1) is 14.1. The smallest absolute Gasteiger partial charge is 0.0678 e. The van der Waals surface area contributed by atoms with Gasteiger partial charge < -0.3 is 5.11 Å². The normalized spacial score (nSPS) is 28.0. The van der Waals surface area contributed by atoms with E-state index < -0.39 is 0 Å². The Hall–Kier alpha value is -0.0100. The van der Waals surface area contributed by atoms with Crippen LogP contribution in [0.25, 0.3) is 0 Å². The summed E-state index contributed by atoms with van der Waals surface area (Å²) in [4.78, 5) is 0. The van der Waals surface area contributed by atoms with E-state index in [0.717, 1.165) is 24.7 Å². The van der Waals surface area contributed by atoms with Crippen LogP contribution in [0, 0.1) is 17.8 Å². The molecule has 1 rings (SSSR count). The molecule has 0 aromatic heterocycles. The van der Waals surface area contributed by atoms with Crippen LogP contribution in [-0.2, 0) is 0 Å². The van der Waals surface area contributed by atoms with Gasteiger partial charge in [-0.25, -0.2) is 0 Å². The summed E-state index contributed by atoms with van der Waals surface area (Å²) >= 11 is 5.62. The van der Waals surface area contributed by atoms with Gasteiger partial charge >= 0.3 is 0 Å². The first-order valence-corrected chi connectivity index (χ1v) is 7.02. The fourth-order valence-corrected chi connectivity index (χ4v) is 2.57. The van der Waals surface area contributed by atoms with E-state index in [4.69, 9.17) is 11.6 Å². The van der Waals surface area contributed by atoms with Gasteiger partial charge in [0.15, 0.2) is 0 Å². The zero-order chi connectivity index (χ0) is 12.1. The number of hydrogen-bond donors (Lipinski definition) is 1. The fourth-order valence-electron chi connectivity index (χ4n) is 2.42. The lowest BCUT2D eigenvalue weighted by atomic mass is 9.77. The molecule has 0 fully saturated rings. The maximum atomic E-state index is 9.49. The number of allylic oxidation sites excluding steroid dienone is 2. The van der Waals surface area contributed by atoms with E-state index in [1.165, 1.54) is 18.4 Å². The molecule has 0 bridgehead atoms. The molecule has 0 saturated carbocycles. The number of aliphatic hydroxyl groups excluding tert-OH is 1. The molecule has 1 unspecified atom stereocenters. The van der Waals surface area contributed by atoms with E-state index in [-0.39, 0.29) is 6.10 Å². The summed E-state index contributed by atoms with van der Waals surface area (Å²) in [6.07, 6.45) is 6.56. The molecule has 1 nitrogen and oxygen atoms in total. The molecule has 2 heteroatoms. The summed E-state index contributed by atoms with van der Waals surface area (Å²) < 4.78 is 0. The summed E-state index contributed by atoms with van der Waals surface area (Å²) in [7, 11) is 0. The average Bonchev–Trinajstić information content (AvgIpc) is 2.27. The molecule has 0 spiro atoms. The minimum absolute atomic E-state index is 0.339. The minimum Gasteiger partial charge on any atom is -0.392 e. The van der Waals surface area contributed by atoms with E-state index in [0.29, 0.717) is 11.8 Å². The molecule has 0 aromatic carbocycles. The molecule has 1 aliphatic rings. The Bertz CT molecular complexity index is 235. The summed E-state index contributed by atoms with van der Waals surface area (Å²) in [5, 5.41) is 9.49. The second-order valence-electron chi connectivity index (χ2n) is 5.47. The Balaban J connectivity index is 2.53. The van der Waals surface area contributed by atoms with Crippen molar-refractivity contribution >= 4 is 11.6 Å². The third kappa shape index (κ3) is 4.10. The second-order valence-corrected chi connectivity index (χ2v) is 5.78. The monoisotopic (exact) mass is 244 g/mol. The molecular formula is C14H25ClO. The van der Waals surface area contributed by atoms with E-state index in [2.05, 4.69) is 26.8 Å². The van der Waals surface area contributed by atoms with E-state index in [9.17, 15) is 5.11 Å². The summed E-state index contributed by atoms with van der Waals surface area (Å²) in [5.41, 5.74) is 1.54. The van der Waals surface area contributed by atoms with Crippen molar-refractivity contribution in [3.8, 4) is 0 Å². The lowest BCUT2D eigenvalue weighted by Gasteiger charge is -2.29. The van der Waals surface area contributed by atoms with Gasteiger partial charge in [0.1, 0.15) is 0 Å². The van der Waals surface area contributed by atoms with Crippen LogP contribution in [0.5, 0.6) is 0 Å². The van der Waals surface area contributed by atoms with Crippen molar-refractivity contribution in [3.63, 3.8) is 0 Å². The quantitative estimate of drug-likeness (QED) is 0.573. The Labute approximate surface area is 105 Å². The lowest BCUT2D eigenvalue weighted by Crippen LogP contribution is -2.17. The molecule has 0 aliphatic heterocycles. The third-order valence-corrected chi connectivity index (χ3v) is 4.15. The zero-order valence-corrected chi connectivity index (χ0v) is 11.5. The van der Waals surface area contributed by atoms with Crippen LogP contribution in [0.2, 0.25) is 0 Å². The molecular weight excluding hydrogens is 220 g/mol. The van der Waals surface area contributed by atoms with Gasteiger partial charge in [0.25, 0.3) is 0 Å².